The second-order valence-corrected chi connectivity index (χ2v) is 13.1. The maximum Gasteiger partial charge on any atom is 0.243 e. The van der Waals surface area contributed by atoms with Crippen LogP contribution in [0.15, 0.2) is 58.3 Å². The number of hydrogen-bond donors (Lipinski definition) is 1. The van der Waals surface area contributed by atoms with Crippen LogP contribution in [0, 0.1) is 11.7 Å². The first kappa shape index (κ1) is 27.5. The lowest BCUT2D eigenvalue weighted by Gasteiger charge is -2.31. The Labute approximate surface area is 217 Å². The van der Waals surface area contributed by atoms with E-state index in [4.69, 9.17) is 4.74 Å². The van der Waals surface area contributed by atoms with Crippen LogP contribution in [-0.4, -0.2) is 70.7 Å². The van der Waals surface area contributed by atoms with Gasteiger partial charge in [-0.2, -0.15) is 8.61 Å². The molecule has 2 saturated heterocycles. The van der Waals surface area contributed by atoms with Gasteiger partial charge >= 0.3 is 0 Å². The van der Waals surface area contributed by atoms with Crippen LogP contribution in [-0.2, 0) is 24.8 Å². The number of carbonyl (C=O) groups excluding carboxylic acids is 1. The number of benzene rings is 2. The molecule has 2 aliphatic heterocycles. The zero-order chi connectivity index (χ0) is 26.5. The van der Waals surface area contributed by atoms with E-state index < -0.39 is 31.8 Å². The molecule has 1 atom stereocenters. The molecule has 12 heteroatoms. The van der Waals surface area contributed by atoms with E-state index >= 15 is 0 Å². The van der Waals surface area contributed by atoms with Crippen molar-refractivity contribution in [2.24, 2.45) is 5.92 Å². The normalized spacial score (nSPS) is 19.9. The largest absolute Gasteiger partial charge is 0.492 e. The summed E-state index contributed by atoms with van der Waals surface area (Å²) in [7, 11) is -7.32. The summed E-state index contributed by atoms with van der Waals surface area (Å²) >= 11 is 0. The maximum absolute atomic E-state index is 13.2. The molecule has 0 bridgehead atoms. The van der Waals surface area contributed by atoms with Crippen LogP contribution in [0.4, 0.5) is 4.39 Å². The number of piperidine rings is 2. The monoisotopic (exact) mass is 553 g/mol. The highest BCUT2D eigenvalue weighted by Gasteiger charge is 2.33. The highest BCUT2D eigenvalue weighted by molar-refractivity contribution is 7.89. The molecule has 9 nitrogen and oxygen atoms in total. The smallest absolute Gasteiger partial charge is 0.243 e. The van der Waals surface area contributed by atoms with Crippen molar-refractivity contribution in [3.8, 4) is 5.75 Å². The summed E-state index contributed by atoms with van der Waals surface area (Å²) in [5.74, 6) is -0.787. The van der Waals surface area contributed by atoms with Crippen LogP contribution < -0.4 is 10.1 Å². The maximum atomic E-state index is 13.2. The summed E-state index contributed by atoms with van der Waals surface area (Å²) < 4.78 is 72.8. The van der Waals surface area contributed by atoms with E-state index in [-0.39, 0.29) is 35.4 Å². The predicted molar refractivity (Wildman–Crippen MR) is 135 cm³/mol. The molecule has 2 aromatic rings. The van der Waals surface area contributed by atoms with Gasteiger partial charge in [0.05, 0.1) is 22.3 Å². The molecule has 0 spiro atoms. The van der Waals surface area contributed by atoms with Crippen molar-refractivity contribution in [1.82, 2.24) is 13.9 Å². The average molecular weight is 554 g/mol. The van der Waals surface area contributed by atoms with Gasteiger partial charge in [-0.15, -0.1) is 0 Å². The van der Waals surface area contributed by atoms with E-state index in [0.717, 1.165) is 31.4 Å². The molecule has 37 heavy (non-hydrogen) atoms. The minimum atomic E-state index is -3.81. The number of carbonyl (C=O) groups is 1. The number of nitrogens with one attached hydrogen (secondary N) is 1. The summed E-state index contributed by atoms with van der Waals surface area (Å²) in [6.07, 6.45) is 3.89. The quantitative estimate of drug-likeness (QED) is 0.478. The van der Waals surface area contributed by atoms with E-state index in [9.17, 15) is 26.0 Å². The van der Waals surface area contributed by atoms with Gasteiger partial charge in [0.15, 0.2) is 0 Å². The first-order chi connectivity index (χ1) is 17.7. The number of hydrogen-bond acceptors (Lipinski definition) is 6. The SMILES string of the molecule is O=C(NCCOc1ccc(S(=O)(=O)N2CCCCC2)cc1)[C@H]1CCCN(S(=O)(=O)c2ccc(F)cc2)C1. The summed E-state index contributed by atoms with van der Waals surface area (Å²) in [5, 5.41) is 2.78. The number of amides is 1. The lowest BCUT2D eigenvalue weighted by molar-refractivity contribution is -0.126. The van der Waals surface area contributed by atoms with Crippen LogP contribution in [0.2, 0.25) is 0 Å². The highest BCUT2D eigenvalue weighted by atomic mass is 32.2. The Balaban J connectivity index is 1.24. The molecule has 1 amide bonds. The number of nitrogens with zero attached hydrogens (tertiary/aromatic N) is 2. The third-order valence-corrected chi connectivity index (χ3v) is 10.4. The molecule has 4 rings (SSSR count). The minimum absolute atomic E-state index is 0.00175. The van der Waals surface area contributed by atoms with Gasteiger partial charge in [-0.3, -0.25) is 4.79 Å². The fourth-order valence-corrected chi connectivity index (χ4v) is 7.62. The van der Waals surface area contributed by atoms with Crippen LogP contribution in [0.1, 0.15) is 32.1 Å². The molecule has 1 N–H and O–H groups in total. The van der Waals surface area contributed by atoms with Crippen LogP contribution in [0.5, 0.6) is 5.75 Å². The van der Waals surface area contributed by atoms with Gasteiger partial charge in [-0.05, 0) is 74.2 Å². The van der Waals surface area contributed by atoms with E-state index in [2.05, 4.69) is 5.32 Å². The molecule has 0 unspecified atom stereocenters. The second-order valence-electron chi connectivity index (χ2n) is 9.23. The molecule has 2 aliphatic rings. The van der Waals surface area contributed by atoms with Gasteiger partial charge in [0, 0.05) is 26.2 Å². The van der Waals surface area contributed by atoms with Gasteiger partial charge in [0.1, 0.15) is 18.2 Å². The third kappa shape index (κ3) is 6.67. The molecule has 2 heterocycles. The number of sulfonamides is 2. The second kappa shape index (κ2) is 11.9. The lowest BCUT2D eigenvalue weighted by atomic mass is 9.99. The fourth-order valence-electron chi connectivity index (χ4n) is 4.58. The van der Waals surface area contributed by atoms with Crippen LogP contribution in [0.25, 0.3) is 0 Å². The molecule has 2 aromatic carbocycles. The van der Waals surface area contributed by atoms with Crippen molar-refractivity contribution >= 4 is 26.0 Å². The molecule has 0 aromatic heterocycles. The number of halogens is 1. The van der Waals surface area contributed by atoms with Gasteiger partial charge < -0.3 is 10.1 Å². The predicted octanol–water partition coefficient (Wildman–Crippen LogP) is 2.60. The Hall–Kier alpha value is -2.54. The number of ether oxygens (including phenoxy) is 1. The van der Waals surface area contributed by atoms with Crippen LogP contribution >= 0.6 is 0 Å². The third-order valence-electron chi connectivity index (χ3n) is 6.65. The first-order valence-corrected chi connectivity index (χ1v) is 15.3. The molecule has 202 valence electrons. The number of rotatable bonds is 9. The molecule has 0 saturated carbocycles. The van der Waals surface area contributed by atoms with Crippen molar-refractivity contribution in [2.45, 2.75) is 41.9 Å². The minimum Gasteiger partial charge on any atom is -0.492 e. The van der Waals surface area contributed by atoms with Crippen molar-refractivity contribution in [1.29, 1.82) is 0 Å². The molecule has 0 radical (unpaired) electrons. The Kier molecular flexibility index (Phi) is 8.83. The first-order valence-electron chi connectivity index (χ1n) is 12.4. The van der Waals surface area contributed by atoms with Crippen molar-refractivity contribution in [3.63, 3.8) is 0 Å². The summed E-state index contributed by atoms with van der Waals surface area (Å²) in [6, 6.07) is 10.9. The van der Waals surface area contributed by atoms with E-state index in [1.54, 1.807) is 12.1 Å². The van der Waals surface area contributed by atoms with Crippen LogP contribution in [0.3, 0.4) is 0 Å². The molecular weight excluding hydrogens is 521 g/mol. The zero-order valence-corrected chi connectivity index (χ0v) is 22.1. The average Bonchev–Trinajstić information content (AvgIpc) is 2.92. The molecule has 0 aliphatic carbocycles. The van der Waals surface area contributed by atoms with Gasteiger partial charge in [0.2, 0.25) is 26.0 Å². The zero-order valence-electron chi connectivity index (χ0n) is 20.5. The van der Waals surface area contributed by atoms with E-state index in [1.807, 2.05) is 0 Å². The van der Waals surface area contributed by atoms with Gasteiger partial charge in [0.25, 0.3) is 0 Å². The highest BCUT2D eigenvalue weighted by Crippen LogP contribution is 2.25. The van der Waals surface area contributed by atoms with Gasteiger partial charge in [-0.25, -0.2) is 21.2 Å². The summed E-state index contributed by atoms with van der Waals surface area (Å²) in [5.41, 5.74) is 0. The van der Waals surface area contributed by atoms with Crippen molar-refractivity contribution in [3.05, 3.63) is 54.3 Å². The summed E-state index contributed by atoms with van der Waals surface area (Å²) in [4.78, 5) is 12.9. The van der Waals surface area contributed by atoms with Crippen molar-refractivity contribution < 1.29 is 30.8 Å². The fraction of sp³-hybridized carbons (Fsp3) is 0.480. The molecular formula is C25H32FN3O6S2. The van der Waals surface area contributed by atoms with Crippen molar-refractivity contribution in [2.75, 3.05) is 39.3 Å². The van der Waals surface area contributed by atoms with Gasteiger partial charge in [-0.1, -0.05) is 6.42 Å². The standard InChI is InChI=1S/C25H32FN3O6S2/c26-21-6-10-23(11-7-21)37(33,34)29-17-4-5-20(19-29)25(30)27-14-18-35-22-8-12-24(13-9-22)36(31,32)28-15-2-1-3-16-28/h6-13,20H,1-5,14-19H2,(H,27,30)/t20-/m0/s1. The topological polar surface area (TPSA) is 113 Å². The molecule has 2 fully saturated rings. The summed E-state index contributed by atoms with van der Waals surface area (Å²) in [6.45, 7) is 1.83. The Morgan fingerprint density at radius 3 is 2.05 bits per heavy atom. The Morgan fingerprint density at radius 2 is 1.41 bits per heavy atom. The lowest BCUT2D eigenvalue weighted by Crippen LogP contribution is -2.45. The van der Waals surface area contributed by atoms with E-state index in [0.29, 0.717) is 38.2 Å². The Morgan fingerprint density at radius 1 is 0.838 bits per heavy atom. The Bertz CT molecular complexity index is 1280. The van der Waals surface area contributed by atoms with E-state index in [1.165, 1.54) is 32.9 Å².